The van der Waals surface area contributed by atoms with Gasteiger partial charge in [0, 0.05) is 5.57 Å². The van der Waals surface area contributed by atoms with Crippen molar-refractivity contribution in [3.05, 3.63) is 24.0 Å². The van der Waals surface area contributed by atoms with Crippen molar-refractivity contribution in [2.45, 2.75) is 45.4 Å². The smallest absolute Gasteiger partial charge is 0.149 e. The van der Waals surface area contributed by atoms with Crippen LogP contribution in [0.5, 0.6) is 0 Å². The fourth-order valence-electron chi connectivity index (χ4n) is 2.46. The Bertz CT molecular complexity index is 271. The predicted octanol–water partition coefficient (Wildman–Crippen LogP) is 3.88. The lowest BCUT2D eigenvalue weighted by atomic mass is 9.79. The van der Waals surface area contributed by atoms with E-state index in [4.69, 9.17) is 4.74 Å². The molecular weight excluding hydrogens is 212 g/mol. The summed E-state index contributed by atoms with van der Waals surface area (Å²) in [5.74, 6) is 1.12. The molecule has 1 fully saturated rings. The van der Waals surface area contributed by atoms with E-state index in [0.717, 1.165) is 24.7 Å². The van der Waals surface area contributed by atoms with E-state index in [1.54, 1.807) is 13.4 Å². The van der Waals surface area contributed by atoms with Crippen LogP contribution in [0.4, 0.5) is 0 Å². The average molecular weight is 236 g/mol. The molecule has 0 N–H and O–H groups in total. The third-order valence-corrected chi connectivity index (χ3v) is 3.50. The van der Waals surface area contributed by atoms with Gasteiger partial charge in [-0.05, 0) is 43.9 Å². The molecule has 0 aromatic heterocycles. The summed E-state index contributed by atoms with van der Waals surface area (Å²) in [5, 5.41) is 0. The minimum atomic E-state index is 0.406. The first-order valence-electron chi connectivity index (χ1n) is 6.66. The summed E-state index contributed by atoms with van der Waals surface area (Å²) < 4.78 is 4.95. The van der Waals surface area contributed by atoms with Crippen LogP contribution in [0.15, 0.2) is 24.0 Å². The zero-order valence-corrected chi connectivity index (χ0v) is 11.0. The van der Waals surface area contributed by atoms with Crippen molar-refractivity contribution in [3.63, 3.8) is 0 Å². The molecule has 0 amide bonds. The van der Waals surface area contributed by atoms with Gasteiger partial charge in [-0.25, -0.2) is 0 Å². The Hall–Kier alpha value is -1.05. The van der Waals surface area contributed by atoms with Gasteiger partial charge in [-0.15, -0.1) is 0 Å². The van der Waals surface area contributed by atoms with E-state index in [1.165, 1.54) is 25.7 Å². The lowest BCUT2D eigenvalue weighted by molar-refractivity contribution is -0.105. The molecule has 1 aliphatic carbocycles. The van der Waals surface area contributed by atoms with Crippen LogP contribution in [0.3, 0.4) is 0 Å². The van der Waals surface area contributed by atoms with Gasteiger partial charge in [-0.3, -0.25) is 4.79 Å². The van der Waals surface area contributed by atoms with Gasteiger partial charge in [-0.1, -0.05) is 25.5 Å². The highest BCUT2D eigenvalue weighted by Gasteiger charge is 2.22. The molecule has 0 unspecified atom stereocenters. The van der Waals surface area contributed by atoms with Gasteiger partial charge in [0.1, 0.15) is 6.29 Å². The largest absolute Gasteiger partial charge is 0.504 e. The molecular formula is C15H24O2. The maximum Gasteiger partial charge on any atom is 0.149 e. The van der Waals surface area contributed by atoms with Crippen molar-refractivity contribution >= 4 is 6.29 Å². The van der Waals surface area contributed by atoms with E-state index in [-0.39, 0.29) is 0 Å². The van der Waals surface area contributed by atoms with E-state index in [9.17, 15) is 4.79 Å². The highest BCUT2D eigenvalue weighted by molar-refractivity contribution is 5.73. The van der Waals surface area contributed by atoms with E-state index >= 15 is 0 Å². The maximum absolute atomic E-state index is 10.9. The summed E-state index contributed by atoms with van der Waals surface area (Å²) in [6.07, 6.45) is 14.2. The second-order valence-corrected chi connectivity index (χ2v) is 4.80. The molecule has 0 aromatic rings. The maximum atomic E-state index is 10.9. The Morgan fingerprint density at radius 1 is 1.29 bits per heavy atom. The molecule has 0 saturated heterocycles. The summed E-state index contributed by atoms with van der Waals surface area (Å²) >= 11 is 0. The number of unbranched alkanes of at least 4 members (excludes halogenated alkanes) is 1. The Kier molecular flexibility index (Phi) is 6.68. The first kappa shape index (κ1) is 14.0. The van der Waals surface area contributed by atoms with Crippen molar-refractivity contribution in [1.82, 2.24) is 0 Å². The summed E-state index contributed by atoms with van der Waals surface area (Å²) in [7, 11) is 1.60. The number of allylic oxidation sites excluding steroid dienone is 3. The van der Waals surface area contributed by atoms with Crippen LogP contribution in [-0.4, -0.2) is 13.4 Å². The first-order chi connectivity index (χ1) is 8.31. The number of methoxy groups -OCH3 is 1. The summed E-state index contributed by atoms with van der Waals surface area (Å²) in [4.78, 5) is 10.9. The van der Waals surface area contributed by atoms with Gasteiger partial charge in [-0.2, -0.15) is 0 Å². The molecule has 1 saturated carbocycles. The van der Waals surface area contributed by atoms with Crippen LogP contribution < -0.4 is 0 Å². The van der Waals surface area contributed by atoms with Gasteiger partial charge >= 0.3 is 0 Å². The Morgan fingerprint density at radius 3 is 2.53 bits per heavy atom. The lowest BCUT2D eigenvalue weighted by Crippen LogP contribution is -2.15. The Balaban J connectivity index is 2.39. The number of carbonyl (C=O) groups excluding carboxylic acids is 1. The molecule has 1 aliphatic rings. The molecule has 1 rings (SSSR count). The monoisotopic (exact) mass is 236 g/mol. The predicted molar refractivity (Wildman–Crippen MR) is 70.7 cm³/mol. The third kappa shape index (κ3) is 4.76. The molecule has 96 valence electrons. The second kappa shape index (κ2) is 8.10. The van der Waals surface area contributed by atoms with E-state index < -0.39 is 0 Å². The third-order valence-electron chi connectivity index (χ3n) is 3.50. The van der Waals surface area contributed by atoms with Crippen molar-refractivity contribution < 1.29 is 9.53 Å². The average Bonchev–Trinajstić information content (AvgIpc) is 2.37. The fraction of sp³-hybridized carbons (Fsp3) is 0.667. The van der Waals surface area contributed by atoms with Gasteiger partial charge in [0.05, 0.1) is 13.4 Å². The standard InChI is InChI=1S/C15H24O2/c1-3-4-5-6-13-7-9-14(10-8-13)15(11-16)12-17-2/h5-6,11-14H,3-4,7-10H2,1-2H3/b6-5+,15-12-/t13-,14-. The SMILES string of the molecule is CCC/C=C/[C@H]1CC[C@H](/C(C=O)=C\OC)CC1. The van der Waals surface area contributed by atoms with Crippen LogP contribution in [0.2, 0.25) is 0 Å². The number of aldehydes is 1. The van der Waals surface area contributed by atoms with Crippen molar-refractivity contribution in [2.24, 2.45) is 11.8 Å². The van der Waals surface area contributed by atoms with E-state index in [0.29, 0.717) is 11.8 Å². The van der Waals surface area contributed by atoms with Crippen LogP contribution in [0, 0.1) is 11.8 Å². The van der Waals surface area contributed by atoms with Crippen molar-refractivity contribution in [3.8, 4) is 0 Å². The second-order valence-electron chi connectivity index (χ2n) is 4.80. The highest BCUT2D eigenvalue weighted by atomic mass is 16.5. The molecule has 0 aliphatic heterocycles. The van der Waals surface area contributed by atoms with Crippen LogP contribution in [0.25, 0.3) is 0 Å². The van der Waals surface area contributed by atoms with Crippen LogP contribution in [-0.2, 0) is 9.53 Å². The number of carbonyl (C=O) groups is 1. The summed E-state index contributed by atoms with van der Waals surface area (Å²) in [5.41, 5.74) is 0.823. The molecule has 0 spiro atoms. The van der Waals surface area contributed by atoms with Crippen LogP contribution >= 0.6 is 0 Å². The molecule has 0 aromatic carbocycles. The number of rotatable bonds is 6. The lowest BCUT2D eigenvalue weighted by Gasteiger charge is -2.26. The normalized spacial score (nSPS) is 26.1. The van der Waals surface area contributed by atoms with Crippen molar-refractivity contribution in [2.75, 3.05) is 7.11 Å². The summed E-state index contributed by atoms with van der Waals surface area (Å²) in [6.45, 7) is 2.20. The Morgan fingerprint density at radius 2 is 2.00 bits per heavy atom. The summed E-state index contributed by atoms with van der Waals surface area (Å²) in [6, 6.07) is 0. The quantitative estimate of drug-likeness (QED) is 0.303. The fourth-order valence-corrected chi connectivity index (χ4v) is 2.46. The van der Waals surface area contributed by atoms with E-state index in [2.05, 4.69) is 19.1 Å². The number of hydrogen-bond donors (Lipinski definition) is 0. The molecule has 0 bridgehead atoms. The molecule has 2 nitrogen and oxygen atoms in total. The zero-order valence-electron chi connectivity index (χ0n) is 11.0. The number of hydrogen-bond acceptors (Lipinski definition) is 2. The topological polar surface area (TPSA) is 26.3 Å². The highest BCUT2D eigenvalue weighted by Crippen LogP contribution is 2.33. The van der Waals surface area contributed by atoms with Gasteiger partial charge in [0.25, 0.3) is 0 Å². The van der Waals surface area contributed by atoms with Gasteiger partial charge in [0.15, 0.2) is 0 Å². The Labute approximate surface area is 105 Å². The molecule has 0 radical (unpaired) electrons. The van der Waals surface area contributed by atoms with Crippen molar-refractivity contribution in [1.29, 1.82) is 0 Å². The van der Waals surface area contributed by atoms with Gasteiger partial charge < -0.3 is 4.74 Å². The molecule has 0 heterocycles. The minimum Gasteiger partial charge on any atom is -0.504 e. The minimum absolute atomic E-state index is 0.406. The zero-order chi connectivity index (χ0) is 12.5. The van der Waals surface area contributed by atoms with Gasteiger partial charge in [0.2, 0.25) is 0 Å². The van der Waals surface area contributed by atoms with Crippen LogP contribution in [0.1, 0.15) is 45.4 Å². The van der Waals surface area contributed by atoms with E-state index in [1.807, 2.05) is 0 Å². The molecule has 0 atom stereocenters. The number of ether oxygens (including phenoxy) is 1. The molecule has 2 heteroatoms. The molecule has 17 heavy (non-hydrogen) atoms. The first-order valence-corrected chi connectivity index (χ1v) is 6.66.